The number of hydrogen-bond acceptors (Lipinski definition) is 2. The Hall–Kier alpha value is -1.75. The van der Waals surface area contributed by atoms with Crippen LogP contribution in [0.15, 0.2) is 47.1 Å². The molecule has 1 heterocycles. The van der Waals surface area contributed by atoms with Crippen LogP contribution < -0.4 is 5.32 Å². The minimum atomic E-state index is -0.295. The van der Waals surface area contributed by atoms with Crippen LogP contribution in [0.3, 0.4) is 0 Å². The van der Waals surface area contributed by atoms with Crippen molar-refractivity contribution in [1.29, 1.82) is 0 Å². The third-order valence-electron chi connectivity index (χ3n) is 2.67. The highest BCUT2D eigenvalue weighted by Crippen LogP contribution is 2.14. The van der Waals surface area contributed by atoms with E-state index in [1.165, 1.54) is 12.1 Å². The zero-order chi connectivity index (χ0) is 13.8. The number of nitrogens with zero attached hydrogens (tertiary/aromatic N) is 1. The number of halogens is 2. The second-order valence-electron chi connectivity index (χ2n) is 4.09. The third-order valence-corrected chi connectivity index (χ3v) is 3.11. The fraction of sp³-hybridized carbons (Fsp3) is 0.143. The van der Waals surface area contributed by atoms with Crippen LogP contribution >= 0.6 is 15.9 Å². The van der Waals surface area contributed by atoms with Gasteiger partial charge in [-0.2, -0.15) is 0 Å². The first-order valence-electron chi connectivity index (χ1n) is 5.75. The zero-order valence-corrected chi connectivity index (χ0v) is 11.8. The minimum absolute atomic E-state index is 0.214. The Kier molecular flexibility index (Phi) is 4.27. The van der Waals surface area contributed by atoms with Gasteiger partial charge < -0.3 is 5.32 Å². The van der Waals surface area contributed by atoms with Crippen molar-refractivity contribution in [3.8, 4) is 0 Å². The molecule has 1 N–H and O–H groups in total. The van der Waals surface area contributed by atoms with Gasteiger partial charge >= 0.3 is 0 Å². The van der Waals surface area contributed by atoms with Gasteiger partial charge in [-0.1, -0.05) is 18.2 Å². The van der Waals surface area contributed by atoms with Crippen molar-refractivity contribution < 1.29 is 9.18 Å². The second-order valence-corrected chi connectivity index (χ2v) is 4.90. The normalized spacial score (nSPS) is 11.9. The van der Waals surface area contributed by atoms with E-state index in [-0.39, 0.29) is 17.8 Å². The van der Waals surface area contributed by atoms with Crippen molar-refractivity contribution in [2.75, 3.05) is 0 Å². The molecule has 0 fully saturated rings. The van der Waals surface area contributed by atoms with Gasteiger partial charge in [-0.05, 0) is 52.7 Å². The van der Waals surface area contributed by atoms with E-state index in [1.807, 2.05) is 6.92 Å². The van der Waals surface area contributed by atoms with Crippen molar-refractivity contribution in [3.05, 3.63) is 64.1 Å². The maximum absolute atomic E-state index is 12.8. The summed E-state index contributed by atoms with van der Waals surface area (Å²) in [5, 5.41) is 2.81. The van der Waals surface area contributed by atoms with Crippen molar-refractivity contribution in [3.63, 3.8) is 0 Å². The molecule has 0 aliphatic heterocycles. The quantitative estimate of drug-likeness (QED) is 0.879. The predicted molar refractivity (Wildman–Crippen MR) is 74.2 cm³/mol. The topological polar surface area (TPSA) is 42.0 Å². The number of amides is 1. The Morgan fingerprint density at radius 1 is 1.26 bits per heavy atom. The van der Waals surface area contributed by atoms with Gasteiger partial charge in [-0.15, -0.1) is 0 Å². The number of benzene rings is 1. The molecule has 1 atom stereocenters. The minimum Gasteiger partial charge on any atom is -0.344 e. The van der Waals surface area contributed by atoms with E-state index in [4.69, 9.17) is 0 Å². The molecule has 1 amide bonds. The van der Waals surface area contributed by atoms with E-state index in [1.54, 1.807) is 30.3 Å². The van der Waals surface area contributed by atoms with Crippen LogP contribution in [0.1, 0.15) is 29.0 Å². The maximum atomic E-state index is 12.8. The molecule has 1 aromatic heterocycles. The smallest absolute Gasteiger partial charge is 0.270 e. The molecule has 1 unspecified atom stereocenters. The largest absolute Gasteiger partial charge is 0.344 e. The lowest BCUT2D eigenvalue weighted by atomic mass is 10.1. The summed E-state index contributed by atoms with van der Waals surface area (Å²) in [6.45, 7) is 1.84. The fourth-order valence-electron chi connectivity index (χ4n) is 1.64. The number of nitrogens with one attached hydrogen (secondary N) is 1. The van der Waals surface area contributed by atoms with Gasteiger partial charge in [0, 0.05) is 0 Å². The molecular formula is C14H12BrFN2O. The molecule has 0 saturated heterocycles. The van der Waals surface area contributed by atoms with E-state index < -0.39 is 0 Å². The summed E-state index contributed by atoms with van der Waals surface area (Å²) < 4.78 is 13.4. The zero-order valence-electron chi connectivity index (χ0n) is 10.2. The summed E-state index contributed by atoms with van der Waals surface area (Å²) in [6.07, 6.45) is 0. The molecule has 1 aromatic carbocycles. The van der Waals surface area contributed by atoms with Crippen molar-refractivity contribution >= 4 is 21.8 Å². The van der Waals surface area contributed by atoms with E-state index >= 15 is 0 Å². The lowest BCUT2D eigenvalue weighted by Crippen LogP contribution is -2.27. The number of aromatic nitrogens is 1. The Balaban J connectivity index is 2.08. The lowest BCUT2D eigenvalue weighted by Gasteiger charge is -2.14. The van der Waals surface area contributed by atoms with Gasteiger partial charge in [0.25, 0.3) is 5.91 Å². The lowest BCUT2D eigenvalue weighted by molar-refractivity contribution is 0.0934. The van der Waals surface area contributed by atoms with Crippen LogP contribution in [0.25, 0.3) is 0 Å². The average molecular weight is 323 g/mol. The number of hydrogen-bond donors (Lipinski definition) is 1. The van der Waals surface area contributed by atoms with Gasteiger partial charge in [0.2, 0.25) is 0 Å². The molecule has 0 spiro atoms. The SMILES string of the molecule is CC(NC(=O)c1cccc(Br)n1)c1ccc(F)cc1. The van der Waals surface area contributed by atoms with Gasteiger partial charge in [0.1, 0.15) is 16.1 Å². The third kappa shape index (κ3) is 3.61. The van der Waals surface area contributed by atoms with Crippen LogP contribution in [-0.4, -0.2) is 10.9 Å². The van der Waals surface area contributed by atoms with Gasteiger partial charge in [0.05, 0.1) is 6.04 Å². The Labute approximate surface area is 119 Å². The number of rotatable bonds is 3. The molecule has 98 valence electrons. The standard InChI is InChI=1S/C14H12BrFN2O/c1-9(10-5-7-11(16)8-6-10)17-14(19)12-3-2-4-13(15)18-12/h2-9H,1H3,(H,17,19). The number of carbonyl (C=O) groups excluding carboxylic acids is 1. The first-order valence-corrected chi connectivity index (χ1v) is 6.54. The first kappa shape index (κ1) is 13.7. The van der Waals surface area contributed by atoms with E-state index in [0.717, 1.165) is 5.56 Å². The number of carbonyl (C=O) groups is 1. The highest BCUT2D eigenvalue weighted by molar-refractivity contribution is 9.10. The molecule has 3 nitrogen and oxygen atoms in total. The van der Waals surface area contributed by atoms with Crippen molar-refractivity contribution in [1.82, 2.24) is 10.3 Å². The fourth-order valence-corrected chi connectivity index (χ4v) is 1.98. The summed E-state index contributed by atoms with van der Waals surface area (Å²) in [5.74, 6) is -0.561. The molecule has 5 heteroatoms. The van der Waals surface area contributed by atoms with Crippen LogP contribution in [-0.2, 0) is 0 Å². The van der Waals surface area contributed by atoms with Gasteiger partial charge in [-0.25, -0.2) is 9.37 Å². The van der Waals surface area contributed by atoms with Crippen LogP contribution in [0, 0.1) is 5.82 Å². The first-order chi connectivity index (χ1) is 9.06. The van der Waals surface area contributed by atoms with E-state index in [9.17, 15) is 9.18 Å². The van der Waals surface area contributed by atoms with Crippen LogP contribution in [0.4, 0.5) is 4.39 Å². The van der Waals surface area contributed by atoms with Gasteiger partial charge in [-0.3, -0.25) is 4.79 Å². The summed E-state index contributed by atoms with van der Waals surface area (Å²) in [4.78, 5) is 16.1. The Morgan fingerprint density at radius 3 is 2.58 bits per heavy atom. The van der Waals surface area contributed by atoms with Crippen LogP contribution in [0.2, 0.25) is 0 Å². The maximum Gasteiger partial charge on any atom is 0.270 e. The average Bonchev–Trinajstić information content (AvgIpc) is 2.39. The number of pyridine rings is 1. The summed E-state index contributed by atoms with van der Waals surface area (Å²) in [7, 11) is 0. The Morgan fingerprint density at radius 2 is 1.95 bits per heavy atom. The second kappa shape index (κ2) is 5.93. The molecule has 19 heavy (non-hydrogen) atoms. The van der Waals surface area contributed by atoms with Crippen molar-refractivity contribution in [2.24, 2.45) is 0 Å². The molecule has 2 rings (SSSR count). The molecule has 2 aromatic rings. The van der Waals surface area contributed by atoms with Gasteiger partial charge in [0.15, 0.2) is 0 Å². The van der Waals surface area contributed by atoms with E-state index in [2.05, 4.69) is 26.2 Å². The van der Waals surface area contributed by atoms with Crippen molar-refractivity contribution in [2.45, 2.75) is 13.0 Å². The highest BCUT2D eigenvalue weighted by Gasteiger charge is 2.12. The predicted octanol–water partition coefficient (Wildman–Crippen LogP) is 3.47. The monoisotopic (exact) mass is 322 g/mol. The van der Waals surface area contributed by atoms with Crippen LogP contribution in [0.5, 0.6) is 0 Å². The molecule has 0 aliphatic rings. The highest BCUT2D eigenvalue weighted by atomic mass is 79.9. The molecule has 0 radical (unpaired) electrons. The molecular weight excluding hydrogens is 311 g/mol. The summed E-state index contributed by atoms with van der Waals surface area (Å²) in [5.41, 5.74) is 1.17. The van der Waals surface area contributed by atoms with E-state index in [0.29, 0.717) is 10.3 Å². The molecule has 0 bridgehead atoms. The molecule has 0 aliphatic carbocycles. The summed E-state index contributed by atoms with van der Waals surface area (Å²) >= 11 is 3.22. The summed E-state index contributed by atoms with van der Waals surface area (Å²) in [6, 6.07) is 11.0. The Bertz CT molecular complexity index is 586. The molecule has 0 saturated carbocycles.